The number of hydrogen-bond acceptors (Lipinski definition) is 4. The summed E-state index contributed by atoms with van der Waals surface area (Å²) in [5, 5.41) is 0.459. The first-order valence-corrected chi connectivity index (χ1v) is 9.92. The summed E-state index contributed by atoms with van der Waals surface area (Å²) < 4.78 is 6.84. The number of carbonyl (C=O) groups excluding carboxylic acids is 1. The van der Waals surface area contributed by atoms with E-state index in [1.165, 1.54) is 0 Å². The number of aromatic nitrogens is 1. The average Bonchev–Trinajstić information content (AvgIpc) is 3.02. The Hall–Kier alpha value is -3.25. The summed E-state index contributed by atoms with van der Waals surface area (Å²) in [7, 11) is 0. The number of halogens is 1. The second-order valence-corrected chi connectivity index (χ2v) is 7.85. The number of rotatable bonds is 2. The fraction of sp³-hybridized carbons (Fsp3) is 0.0870. The zero-order valence-electron chi connectivity index (χ0n) is 15.4. The van der Waals surface area contributed by atoms with Crippen LogP contribution in [-0.2, 0) is 0 Å². The van der Waals surface area contributed by atoms with Crippen LogP contribution in [-0.4, -0.2) is 10.9 Å². The first kappa shape index (κ1) is 17.8. The summed E-state index contributed by atoms with van der Waals surface area (Å²) in [5.74, 6) is 0.191. The van der Waals surface area contributed by atoms with Crippen LogP contribution in [0.3, 0.4) is 0 Å². The maximum absolute atomic E-state index is 13.4. The van der Waals surface area contributed by atoms with Crippen LogP contribution in [0.4, 0.5) is 5.82 Å². The molecule has 0 spiro atoms. The van der Waals surface area contributed by atoms with Crippen molar-refractivity contribution in [3.63, 3.8) is 0 Å². The molecule has 5 rings (SSSR count). The number of aryl methyl sites for hydroxylation is 1. The number of nitrogens with zero attached hydrogens (tertiary/aromatic N) is 2. The lowest BCUT2D eigenvalue weighted by molar-refractivity contribution is 0.0970. The molecule has 3 heterocycles. The summed E-state index contributed by atoms with van der Waals surface area (Å²) in [4.78, 5) is 32.9. The van der Waals surface area contributed by atoms with Gasteiger partial charge in [-0.2, -0.15) is 0 Å². The maximum atomic E-state index is 13.4. The van der Waals surface area contributed by atoms with E-state index in [1.807, 2.05) is 43.3 Å². The smallest absolute Gasteiger partial charge is 0.296 e. The molecule has 1 aliphatic heterocycles. The van der Waals surface area contributed by atoms with Crippen molar-refractivity contribution in [2.75, 3.05) is 4.90 Å². The van der Waals surface area contributed by atoms with E-state index in [0.717, 1.165) is 15.7 Å². The average molecular weight is 447 g/mol. The minimum absolute atomic E-state index is 0.0740. The lowest BCUT2D eigenvalue weighted by atomic mass is 9.98. The number of amides is 1. The third-order valence-corrected chi connectivity index (χ3v) is 5.61. The van der Waals surface area contributed by atoms with Crippen LogP contribution in [0.2, 0.25) is 0 Å². The minimum atomic E-state index is -0.610. The van der Waals surface area contributed by atoms with Crippen LogP contribution in [0.15, 0.2) is 80.4 Å². The van der Waals surface area contributed by atoms with Crippen LogP contribution in [0, 0.1) is 6.92 Å². The van der Waals surface area contributed by atoms with Crippen LogP contribution in [0.25, 0.3) is 11.0 Å². The quantitative estimate of drug-likeness (QED) is 0.434. The van der Waals surface area contributed by atoms with Gasteiger partial charge in [-0.25, -0.2) is 4.98 Å². The van der Waals surface area contributed by atoms with Crippen LogP contribution < -0.4 is 10.3 Å². The molecule has 0 unspecified atom stereocenters. The van der Waals surface area contributed by atoms with Gasteiger partial charge < -0.3 is 4.42 Å². The molecular weight excluding hydrogens is 432 g/mol. The van der Waals surface area contributed by atoms with Crippen molar-refractivity contribution in [1.29, 1.82) is 0 Å². The molecule has 0 N–H and O–H groups in total. The van der Waals surface area contributed by atoms with Crippen LogP contribution >= 0.6 is 15.9 Å². The Morgan fingerprint density at radius 2 is 1.72 bits per heavy atom. The summed E-state index contributed by atoms with van der Waals surface area (Å²) in [6, 6.07) is 19.4. The molecule has 1 atom stereocenters. The SMILES string of the molecule is Cc1cccc(N2C(=O)c3oc4ccccc4c(=O)c3[C@@H]2c2ccc(Br)cc2)n1. The lowest BCUT2D eigenvalue weighted by Crippen LogP contribution is -2.30. The molecule has 1 aliphatic rings. The zero-order valence-corrected chi connectivity index (χ0v) is 17.0. The lowest BCUT2D eigenvalue weighted by Gasteiger charge is -2.24. The number of pyridine rings is 1. The monoisotopic (exact) mass is 446 g/mol. The Balaban J connectivity index is 1.82. The molecule has 0 fully saturated rings. The molecule has 6 heteroatoms. The number of hydrogen-bond donors (Lipinski definition) is 0. The van der Waals surface area contributed by atoms with Crippen molar-refractivity contribution in [2.45, 2.75) is 13.0 Å². The van der Waals surface area contributed by atoms with Crippen molar-refractivity contribution in [1.82, 2.24) is 4.98 Å². The highest BCUT2D eigenvalue weighted by molar-refractivity contribution is 9.10. The molecule has 0 saturated heterocycles. The van der Waals surface area contributed by atoms with E-state index in [2.05, 4.69) is 20.9 Å². The molecule has 0 radical (unpaired) electrons. The number of fused-ring (bicyclic) bond motifs is 2. The third-order valence-electron chi connectivity index (χ3n) is 5.08. The van der Waals surface area contributed by atoms with Gasteiger partial charge in [0.05, 0.1) is 17.0 Å². The molecule has 1 amide bonds. The molecule has 4 aromatic rings. The van der Waals surface area contributed by atoms with E-state index in [1.54, 1.807) is 35.2 Å². The van der Waals surface area contributed by atoms with E-state index in [-0.39, 0.29) is 17.1 Å². The predicted octanol–water partition coefficient (Wildman–Crippen LogP) is 5.01. The van der Waals surface area contributed by atoms with Gasteiger partial charge in [-0.15, -0.1) is 0 Å². The van der Waals surface area contributed by atoms with Gasteiger partial charge in [0.1, 0.15) is 11.4 Å². The summed E-state index contributed by atoms with van der Waals surface area (Å²) in [5.41, 5.74) is 2.15. The predicted molar refractivity (Wildman–Crippen MR) is 114 cm³/mol. The normalized spacial score (nSPS) is 15.7. The Kier molecular flexibility index (Phi) is 4.10. The van der Waals surface area contributed by atoms with Gasteiger partial charge in [0, 0.05) is 10.2 Å². The van der Waals surface area contributed by atoms with Gasteiger partial charge in [-0.05, 0) is 48.9 Å². The Labute approximate surface area is 174 Å². The fourth-order valence-electron chi connectivity index (χ4n) is 3.78. The zero-order chi connectivity index (χ0) is 20.1. The highest BCUT2D eigenvalue weighted by atomic mass is 79.9. The third kappa shape index (κ3) is 2.79. The van der Waals surface area contributed by atoms with E-state index in [4.69, 9.17) is 4.42 Å². The van der Waals surface area contributed by atoms with Crippen LogP contribution in [0.5, 0.6) is 0 Å². The van der Waals surface area contributed by atoms with Crippen molar-refractivity contribution in [3.8, 4) is 0 Å². The maximum Gasteiger partial charge on any atom is 0.296 e. The van der Waals surface area contributed by atoms with Gasteiger partial charge in [0.15, 0.2) is 5.43 Å². The van der Waals surface area contributed by atoms with E-state index in [9.17, 15) is 9.59 Å². The van der Waals surface area contributed by atoms with Gasteiger partial charge in [0.2, 0.25) is 5.76 Å². The Morgan fingerprint density at radius 1 is 0.966 bits per heavy atom. The second-order valence-electron chi connectivity index (χ2n) is 6.94. The second kappa shape index (κ2) is 6.67. The van der Waals surface area contributed by atoms with Gasteiger partial charge in [0.25, 0.3) is 5.91 Å². The van der Waals surface area contributed by atoms with Crippen molar-refractivity contribution >= 4 is 38.6 Å². The first-order chi connectivity index (χ1) is 14.0. The van der Waals surface area contributed by atoms with Gasteiger partial charge >= 0.3 is 0 Å². The standard InChI is InChI=1S/C23H15BrN2O3/c1-13-5-4-8-18(25-13)26-20(14-9-11-15(24)12-10-14)19-21(27)16-6-2-3-7-17(16)29-22(19)23(26)28/h2-12,20H,1H3/t20-/m0/s1. The Morgan fingerprint density at radius 3 is 2.48 bits per heavy atom. The van der Waals surface area contributed by atoms with E-state index in [0.29, 0.717) is 22.4 Å². The molecule has 2 aromatic heterocycles. The van der Waals surface area contributed by atoms with Gasteiger partial charge in [-0.3, -0.25) is 14.5 Å². The molecule has 5 nitrogen and oxygen atoms in total. The molecule has 2 aromatic carbocycles. The molecule has 0 aliphatic carbocycles. The fourth-order valence-corrected chi connectivity index (χ4v) is 4.04. The van der Waals surface area contributed by atoms with E-state index >= 15 is 0 Å². The molecular formula is C23H15BrN2O3. The molecule has 142 valence electrons. The van der Waals surface area contributed by atoms with Crippen molar-refractivity contribution < 1.29 is 9.21 Å². The summed E-state index contributed by atoms with van der Waals surface area (Å²) in [6.45, 7) is 1.86. The number of benzene rings is 2. The number of carbonyl (C=O) groups is 1. The largest absolute Gasteiger partial charge is 0.450 e. The van der Waals surface area contributed by atoms with E-state index < -0.39 is 6.04 Å². The number of anilines is 1. The van der Waals surface area contributed by atoms with Gasteiger partial charge in [-0.1, -0.05) is 46.3 Å². The highest BCUT2D eigenvalue weighted by Crippen LogP contribution is 2.40. The molecule has 0 bridgehead atoms. The Bertz CT molecular complexity index is 1330. The van der Waals surface area contributed by atoms with Crippen molar-refractivity contribution in [3.05, 3.63) is 104 Å². The minimum Gasteiger partial charge on any atom is -0.450 e. The van der Waals surface area contributed by atoms with Crippen molar-refractivity contribution in [2.24, 2.45) is 0 Å². The molecule has 29 heavy (non-hydrogen) atoms. The summed E-state index contributed by atoms with van der Waals surface area (Å²) >= 11 is 3.44. The summed E-state index contributed by atoms with van der Waals surface area (Å²) in [6.07, 6.45) is 0. The number of para-hydroxylation sites is 1. The van der Waals surface area contributed by atoms with Crippen LogP contribution in [0.1, 0.15) is 33.4 Å². The molecule has 0 saturated carbocycles. The highest BCUT2D eigenvalue weighted by Gasteiger charge is 2.44. The first-order valence-electron chi connectivity index (χ1n) is 9.13. The topological polar surface area (TPSA) is 63.4 Å².